The second-order valence-corrected chi connectivity index (χ2v) is 9.70. The minimum Gasteiger partial charge on any atom is -0.494 e. The molecule has 1 N–H and O–H groups in total. The predicted octanol–water partition coefficient (Wildman–Crippen LogP) is 2.95. The van der Waals surface area contributed by atoms with E-state index in [9.17, 15) is 13.2 Å². The van der Waals surface area contributed by atoms with E-state index < -0.39 is 10.0 Å². The van der Waals surface area contributed by atoms with Crippen molar-refractivity contribution in [3.8, 4) is 5.75 Å². The van der Waals surface area contributed by atoms with E-state index in [0.717, 1.165) is 15.8 Å². The van der Waals surface area contributed by atoms with Crippen LogP contribution in [0, 0.1) is 0 Å². The molecule has 0 saturated carbocycles. The highest BCUT2D eigenvalue weighted by Gasteiger charge is 2.26. The molecule has 7 nitrogen and oxygen atoms in total. The summed E-state index contributed by atoms with van der Waals surface area (Å²) in [4.78, 5) is 12.3. The predicted molar refractivity (Wildman–Crippen MR) is 117 cm³/mol. The Morgan fingerprint density at radius 3 is 2.57 bits per heavy atom. The maximum absolute atomic E-state index is 12.6. The molecule has 30 heavy (non-hydrogen) atoms. The molecule has 0 atom stereocenters. The molecule has 0 radical (unpaired) electrons. The van der Waals surface area contributed by atoms with Gasteiger partial charge in [0.05, 0.1) is 24.7 Å². The van der Waals surface area contributed by atoms with Crippen LogP contribution in [0.1, 0.15) is 18.4 Å². The Balaban J connectivity index is 1.40. The summed E-state index contributed by atoms with van der Waals surface area (Å²) in [5.41, 5.74) is 0.842. The van der Waals surface area contributed by atoms with Gasteiger partial charge in [0.15, 0.2) is 0 Å². The second-order valence-electron chi connectivity index (χ2n) is 6.85. The lowest BCUT2D eigenvalue weighted by Crippen LogP contribution is -2.40. The van der Waals surface area contributed by atoms with Gasteiger partial charge in [0.2, 0.25) is 15.9 Å². The Bertz CT molecular complexity index is 944. The zero-order valence-electron chi connectivity index (χ0n) is 16.6. The molecule has 1 aliphatic heterocycles. The highest BCUT2D eigenvalue weighted by atomic mass is 79.9. The number of ether oxygens (including phenoxy) is 2. The molecular formula is C21H25BrN2O5S. The summed E-state index contributed by atoms with van der Waals surface area (Å²) in [5, 5.41) is 2.85. The van der Waals surface area contributed by atoms with Gasteiger partial charge in [-0.25, -0.2) is 8.42 Å². The Morgan fingerprint density at radius 1 is 1.13 bits per heavy atom. The average molecular weight is 497 g/mol. The third kappa shape index (κ3) is 6.53. The Kier molecular flexibility index (Phi) is 8.26. The summed E-state index contributed by atoms with van der Waals surface area (Å²) in [6.45, 7) is 2.37. The smallest absolute Gasteiger partial charge is 0.243 e. The van der Waals surface area contributed by atoms with Crippen molar-refractivity contribution in [3.05, 3.63) is 58.6 Å². The van der Waals surface area contributed by atoms with Crippen molar-refractivity contribution in [3.63, 3.8) is 0 Å². The molecule has 0 aromatic heterocycles. The van der Waals surface area contributed by atoms with E-state index in [1.807, 2.05) is 24.3 Å². The summed E-state index contributed by atoms with van der Waals surface area (Å²) in [5.74, 6) is 0.690. The minimum absolute atomic E-state index is 0.0714. The molecule has 2 aromatic carbocycles. The van der Waals surface area contributed by atoms with Crippen LogP contribution < -0.4 is 10.1 Å². The van der Waals surface area contributed by atoms with E-state index in [0.29, 0.717) is 52.3 Å². The number of carbonyl (C=O) groups excluding carboxylic acids is 1. The van der Waals surface area contributed by atoms with Crippen LogP contribution in [0.25, 0.3) is 0 Å². The lowest BCUT2D eigenvalue weighted by molar-refractivity contribution is -0.121. The fourth-order valence-electron chi connectivity index (χ4n) is 2.98. The molecular weight excluding hydrogens is 472 g/mol. The Morgan fingerprint density at radius 2 is 1.87 bits per heavy atom. The number of sulfonamides is 1. The summed E-state index contributed by atoms with van der Waals surface area (Å²) < 4.78 is 38.4. The SMILES string of the molecule is O=C(CCCOc1cccc(Br)c1)NCc1ccc(S(=O)(=O)N2CCOCC2)cc1. The van der Waals surface area contributed by atoms with Crippen molar-refractivity contribution in [2.45, 2.75) is 24.3 Å². The van der Waals surface area contributed by atoms with Gasteiger partial charge in [-0.05, 0) is 42.3 Å². The van der Waals surface area contributed by atoms with Crippen molar-refractivity contribution >= 4 is 31.9 Å². The standard InChI is InChI=1S/C21H25BrN2O5S/c22-18-3-1-4-19(15-18)29-12-2-5-21(25)23-16-17-6-8-20(9-7-17)30(26,27)24-10-13-28-14-11-24/h1,3-4,6-9,15H,2,5,10-14,16H2,(H,23,25). The number of nitrogens with zero attached hydrogens (tertiary/aromatic N) is 1. The number of hydrogen-bond donors (Lipinski definition) is 1. The van der Waals surface area contributed by atoms with Gasteiger partial charge in [-0.15, -0.1) is 0 Å². The maximum atomic E-state index is 12.6. The molecule has 1 saturated heterocycles. The van der Waals surface area contributed by atoms with E-state index in [-0.39, 0.29) is 10.8 Å². The fraction of sp³-hybridized carbons (Fsp3) is 0.381. The first kappa shape index (κ1) is 22.7. The van der Waals surface area contributed by atoms with Gasteiger partial charge in [0, 0.05) is 30.5 Å². The normalized spacial score (nSPS) is 15.0. The number of amides is 1. The molecule has 0 aliphatic carbocycles. The van der Waals surface area contributed by atoms with Crippen LogP contribution in [0.5, 0.6) is 5.75 Å². The molecule has 1 fully saturated rings. The maximum Gasteiger partial charge on any atom is 0.243 e. The number of rotatable bonds is 9. The fourth-order valence-corrected chi connectivity index (χ4v) is 4.77. The van der Waals surface area contributed by atoms with E-state index in [2.05, 4.69) is 21.2 Å². The van der Waals surface area contributed by atoms with Crippen LogP contribution in [0.4, 0.5) is 0 Å². The van der Waals surface area contributed by atoms with Crippen LogP contribution in [0.2, 0.25) is 0 Å². The first-order valence-electron chi connectivity index (χ1n) is 9.77. The van der Waals surface area contributed by atoms with Gasteiger partial charge in [-0.3, -0.25) is 4.79 Å². The van der Waals surface area contributed by atoms with E-state index in [1.165, 1.54) is 4.31 Å². The van der Waals surface area contributed by atoms with Crippen LogP contribution in [-0.2, 0) is 26.1 Å². The summed E-state index contributed by atoms with van der Waals surface area (Å²) in [6.07, 6.45) is 0.965. The van der Waals surface area contributed by atoms with Gasteiger partial charge < -0.3 is 14.8 Å². The van der Waals surface area contributed by atoms with Gasteiger partial charge in [0.25, 0.3) is 0 Å². The quantitative estimate of drug-likeness (QED) is 0.539. The van der Waals surface area contributed by atoms with Crippen molar-refractivity contribution in [2.75, 3.05) is 32.9 Å². The number of hydrogen-bond acceptors (Lipinski definition) is 5. The van der Waals surface area contributed by atoms with Gasteiger partial charge in [-0.2, -0.15) is 4.31 Å². The largest absolute Gasteiger partial charge is 0.494 e. The zero-order chi connectivity index (χ0) is 21.4. The van der Waals surface area contributed by atoms with Crippen LogP contribution in [0.15, 0.2) is 57.9 Å². The van der Waals surface area contributed by atoms with Crippen LogP contribution in [-0.4, -0.2) is 51.5 Å². The third-order valence-corrected chi connectivity index (χ3v) is 7.04. The molecule has 0 unspecified atom stereocenters. The molecule has 162 valence electrons. The highest BCUT2D eigenvalue weighted by molar-refractivity contribution is 9.10. The lowest BCUT2D eigenvalue weighted by atomic mass is 10.2. The number of morpholine rings is 1. The van der Waals surface area contributed by atoms with Crippen molar-refractivity contribution in [2.24, 2.45) is 0 Å². The van der Waals surface area contributed by atoms with Crippen molar-refractivity contribution in [1.82, 2.24) is 9.62 Å². The van der Waals surface area contributed by atoms with Crippen molar-refractivity contribution < 1.29 is 22.7 Å². The second kappa shape index (κ2) is 10.9. The lowest BCUT2D eigenvalue weighted by Gasteiger charge is -2.26. The first-order chi connectivity index (χ1) is 14.4. The monoisotopic (exact) mass is 496 g/mol. The van der Waals surface area contributed by atoms with Gasteiger partial charge in [-0.1, -0.05) is 34.1 Å². The minimum atomic E-state index is -3.50. The van der Waals surface area contributed by atoms with Crippen LogP contribution in [0.3, 0.4) is 0 Å². The summed E-state index contributed by atoms with van der Waals surface area (Å²) >= 11 is 3.39. The molecule has 3 rings (SSSR count). The molecule has 0 spiro atoms. The van der Waals surface area contributed by atoms with Crippen LogP contribution >= 0.6 is 15.9 Å². The van der Waals surface area contributed by atoms with Crippen molar-refractivity contribution in [1.29, 1.82) is 0 Å². The van der Waals surface area contributed by atoms with Gasteiger partial charge >= 0.3 is 0 Å². The van der Waals surface area contributed by atoms with Gasteiger partial charge in [0.1, 0.15) is 5.75 Å². The highest BCUT2D eigenvalue weighted by Crippen LogP contribution is 2.19. The number of nitrogens with one attached hydrogen (secondary N) is 1. The molecule has 1 amide bonds. The molecule has 9 heteroatoms. The molecule has 2 aromatic rings. The third-order valence-electron chi connectivity index (χ3n) is 4.63. The summed E-state index contributed by atoms with van der Waals surface area (Å²) in [7, 11) is -3.50. The topological polar surface area (TPSA) is 84.9 Å². The Hall–Kier alpha value is -1.94. The first-order valence-corrected chi connectivity index (χ1v) is 12.0. The number of halogens is 1. The average Bonchev–Trinajstić information content (AvgIpc) is 2.76. The van der Waals surface area contributed by atoms with E-state index in [1.54, 1.807) is 24.3 Å². The number of benzene rings is 2. The molecule has 1 heterocycles. The molecule has 1 aliphatic rings. The zero-order valence-corrected chi connectivity index (χ0v) is 19.0. The number of carbonyl (C=O) groups is 1. The van der Waals surface area contributed by atoms with E-state index in [4.69, 9.17) is 9.47 Å². The molecule has 0 bridgehead atoms. The van der Waals surface area contributed by atoms with E-state index >= 15 is 0 Å². The summed E-state index contributed by atoms with van der Waals surface area (Å²) in [6, 6.07) is 14.2. The Labute approximate surface area is 185 Å².